The summed E-state index contributed by atoms with van der Waals surface area (Å²) in [5, 5.41) is 12.5. The van der Waals surface area contributed by atoms with Crippen molar-refractivity contribution in [2.24, 2.45) is 0 Å². The molecule has 0 bridgehead atoms. The van der Waals surface area contributed by atoms with E-state index in [2.05, 4.69) is 28.5 Å². The summed E-state index contributed by atoms with van der Waals surface area (Å²) in [6.07, 6.45) is 6.18. The molecule has 2 heterocycles. The molecule has 0 atom stereocenters. The zero-order valence-electron chi connectivity index (χ0n) is 18.0. The number of thioether (sulfide) groups is 1. The Morgan fingerprint density at radius 1 is 1.23 bits per heavy atom. The number of aryl methyl sites for hydroxylation is 1. The van der Waals surface area contributed by atoms with E-state index in [1.807, 2.05) is 35.8 Å². The van der Waals surface area contributed by atoms with E-state index in [-0.39, 0.29) is 12.5 Å². The van der Waals surface area contributed by atoms with Crippen LogP contribution in [0.5, 0.6) is 5.75 Å². The highest BCUT2D eigenvalue weighted by Crippen LogP contribution is 2.24. The van der Waals surface area contributed by atoms with Crippen molar-refractivity contribution in [1.82, 2.24) is 20.1 Å². The molecular weight excluding hydrogens is 412 g/mol. The van der Waals surface area contributed by atoms with E-state index in [1.165, 1.54) is 30.2 Å². The summed E-state index contributed by atoms with van der Waals surface area (Å²) >= 11 is 1.39. The van der Waals surface area contributed by atoms with E-state index in [4.69, 9.17) is 9.15 Å². The molecule has 3 aromatic rings. The molecule has 4 rings (SSSR count). The molecule has 164 valence electrons. The van der Waals surface area contributed by atoms with Crippen molar-refractivity contribution in [3.63, 3.8) is 0 Å². The normalized spacial score (nSPS) is 14.1. The van der Waals surface area contributed by atoms with Gasteiger partial charge in [0, 0.05) is 6.04 Å². The van der Waals surface area contributed by atoms with Crippen LogP contribution in [-0.2, 0) is 17.9 Å². The predicted molar refractivity (Wildman–Crippen MR) is 119 cm³/mol. The molecule has 0 radical (unpaired) electrons. The maximum absolute atomic E-state index is 12.4. The van der Waals surface area contributed by atoms with Crippen LogP contribution in [0.4, 0.5) is 0 Å². The second kappa shape index (κ2) is 10.0. The molecule has 1 fully saturated rings. The molecule has 1 aliphatic rings. The first kappa shape index (κ1) is 21.5. The van der Waals surface area contributed by atoms with E-state index in [9.17, 15) is 4.79 Å². The fraction of sp³-hybridized carbons (Fsp3) is 0.435. The number of hydrogen-bond acceptors (Lipinski definition) is 6. The van der Waals surface area contributed by atoms with Crippen LogP contribution in [0, 0.1) is 13.8 Å². The summed E-state index contributed by atoms with van der Waals surface area (Å²) in [6.45, 7) is 4.88. The Kier molecular flexibility index (Phi) is 6.96. The predicted octanol–water partition coefficient (Wildman–Crippen LogP) is 4.27. The first-order chi connectivity index (χ1) is 15.1. The fourth-order valence-corrected chi connectivity index (χ4v) is 4.51. The second-order valence-corrected chi connectivity index (χ2v) is 8.83. The van der Waals surface area contributed by atoms with Gasteiger partial charge in [-0.1, -0.05) is 36.7 Å². The number of furan rings is 1. The molecule has 1 saturated carbocycles. The molecule has 1 aromatic carbocycles. The van der Waals surface area contributed by atoms with Crippen LogP contribution in [0.15, 0.2) is 46.2 Å². The number of aromatic nitrogens is 3. The van der Waals surface area contributed by atoms with Crippen molar-refractivity contribution < 1.29 is 13.9 Å². The largest absolute Gasteiger partial charge is 0.485 e. The molecule has 0 spiro atoms. The topological polar surface area (TPSA) is 82.2 Å². The summed E-state index contributed by atoms with van der Waals surface area (Å²) in [4.78, 5) is 12.4. The summed E-state index contributed by atoms with van der Waals surface area (Å²) in [6, 6.07) is 10.1. The van der Waals surface area contributed by atoms with Crippen LogP contribution in [0.25, 0.3) is 0 Å². The van der Waals surface area contributed by atoms with E-state index < -0.39 is 0 Å². The molecule has 1 amide bonds. The Hall–Kier alpha value is -2.74. The first-order valence-electron chi connectivity index (χ1n) is 10.7. The average Bonchev–Trinajstić information content (AvgIpc) is 3.52. The average molecular weight is 441 g/mol. The zero-order valence-corrected chi connectivity index (χ0v) is 18.8. The standard InChI is InChI=1S/C23H28N4O3S/c1-16-7-5-11-20(17(16)2)30-14-21-25-26-23(27(21)13-19-10-6-12-29-19)31-15-22(28)24-18-8-3-4-9-18/h5-7,10-12,18H,3-4,8-9,13-15H2,1-2H3,(H,24,28). The molecule has 7 nitrogen and oxygen atoms in total. The number of hydrogen-bond donors (Lipinski definition) is 1. The van der Waals surface area contributed by atoms with Gasteiger partial charge in [-0.05, 0) is 56.0 Å². The SMILES string of the molecule is Cc1cccc(OCc2nnc(SCC(=O)NC3CCCC3)n2Cc2ccco2)c1C. The summed E-state index contributed by atoms with van der Waals surface area (Å²) in [5.41, 5.74) is 2.29. The molecular formula is C23H28N4O3S. The number of nitrogens with one attached hydrogen (secondary N) is 1. The van der Waals surface area contributed by atoms with Crippen LogP contribution in [-0.4, -0.2) is 32.5 Å². The number of nitrogens with zero attached hydrogens (tertiary/aromatic N) is 3. The monoisotopic (exact) mass is 440 g/mol. The molecule has 0 unspecified atom stereocenters. The lowest BCUT2D eigenvalue weighted by Crippen LogP contribution is -2.33. The highest BCUT2D eigenvalue weighted by Gasteiger charge is 2.19. The van der Waals surface area contributed by atoms with Gasteiger partial charge in [-0.15, -0.1) is 10.2 Å². The van der Waals surface area contributed by atoms with Crippen LogP contribution < -0.4 is 10.1 Å². The van der Waals surface area contributed by atoms with Crippen molar-refractivity contribution >= 4 is 17.7 Å². The maximum atomic E-state index is 12.4. The molecule has 0 saturated heterocycles. The number of carbonyl (C=O) groups is 1. The molecule has 1 aliphatic carbocycles. The number of benzene rings is 1. The number of rotatable bonds is 9. The van der Waals surface area contributed by atoms with Crippen LogP contribution in [0.2, 0.25) is 0 Å². The van der Waals surface area contributed by atoms with Gasteiger partial charge in [0.05, 0.1) is 18.6 Å². The maximum Gasteiger partial charge on any atom is 0.230 e. The molecule has 0 aliphatic heterocycles. The number of ether oxygens (including phenoxy) is 1. The lowest BCUT2D eigenvalue weighted by atomic mass is 10.1. The lowest BCUT2D eigenvalue weighted by molar-refractivity contribution is -0.119. The van der Waals surface area contributed by atoms with Gasteiger partial charge in [-0.3, -0.25) is 9.36 Å². The van der Waals surface area contributed by atoms with Crippen LogP contribution in [0.1, 0.15) is 48.4 Å². The Bertz CT molecular complexity index is 1010. The number of carbonyl (C=O) groups excluding carboxylic acids is 1. The van der Waals surface area contributed by atoms with Crippen molar-refractivity contribution in [2.75, 3.05) is 5.75 Å². The third kappa shape index (κ3) is 5.50. The summed E-state index contributed by atoms with van der Waals surface area (Å²) < 4.78 is 13.5. The van der Waals surface area contributed by atoms with Gasteiger partial charge in [-0.25, -0.2) is 0 Å². The second-order valence-electron chi connectivity index (χ2n) is 7.89. The van der Waals surface area contributed by atoms with Gasteiger partial charge in [0.25, 0.3) is 0 Å². The van der Waals surface area contributed by atoms with Crippen LogP contribution >= 0.6 is 11.8 Å². The highest BCUT2D eigenvalue weighted by molar-refractivity contribution is 7.99. The quantitative estimate of drug-likeness (QED) is 0.501. The smallest absolute Gasteiger partial charge is 0.230 e. The molecule has 1 N–H and O–H groups in total. The lowest BCUT2D eigenvalue weighted by Gasteiger charge is -2.13. The Morgan fingerprint density at radius 2 is 2.06 bits per heavy atom. The minimum absolute atomic E-state index is 0.0395. The van der Waals surface area contributed by atoms with Gasteiger partial charge in [-0.2, -0.15) is 0 Å². The summed E-state index contributed by atoms with van der Waals surface area (Å²) in [7, 11) is 0. The van der Waals surface area contributed by atoms with Crippen molar-refractivity contribution in [3.05, 3.63) is 59.3 Å². The highest BCUT2D eigenvalue weighted by atomic mass is 32.2. The van der Waals surface area contributed by atoms with Crippen LogP contribution in [0.3, 0.4) is 0 Å². The van der Waals surface area contributed by atoms with E-state index in [0.717, 1.165) is 29.9 Å². The van der Waals surface area contributed by atoms with Gasteiger partial charge in [0.1, 0.15) is 18.1 Å². The Labute approximate surface area is 186 Å². The van der Waals surface area contributed by atoms with Crippen molar-refractivity contribution in [2.45, 2.75) is 63.9 Å². The van der Waals surface area contributed by atoms with E-state index in [0.29, 0.717) is 29.3 Å². The van der Waals surface area contributed by atoms with E-state index >= 15 is 0 Å². The summed E-state index contributed by atoms with van der Waals surface area (Å²) in [5.74, 6) is 2.67. The first-order valence-corrected chi connectivity index (χ1v) is 11.6. The number of amides is 1. The van der Waals surface area contributed by atoms with Gasteiger partial charge < -0.3 is 14.5 Å². The van der Waals surface area contributed by atoms with Gasteiger partial charge in [0.2, 0.25) is 5.91 Å². The molecule has 31 heavy (non-hydrogen) atoms. The van der Waals surface area contributed by atoms with E-state index in [1.54, 1.807) is 6.26 Å². The van der Waals surface area contributed by atoms with Gasteiger partial charge in [0.15, 0.2) is 11.0 Å². The Balaban J connectivity index is 1.45. The third-order valence-electron chi connectivity index (χ3n) is 5.65. The van der Waals surface area contributed by atoms with Crippen molar-refractivity contribution in [3.8, 4) is 5.75 Å². The fourth-order valence-electron chi connectivity index (χ4n) is 3.74. The third-order valence-corrected chi connectivity index (χ3v) is 6.62. The van der Waals surface area contributed by atoms with Crippen molar-refractivity contribution in [1.29, 1.82) is 0 Å². The minimum Gasteiger partial charge on any atom is -0.485 e. The zero-order chi connectivity index (χ0) is 21.6. The molecule has 8 heteroatoms. The Morgan fingerprint density at radius 3 is 2.84 bits per heavy atom. The minimum atomic E-state index is 0.0395. The molecule has 2 aromatic heterocycles. The van der Waals surface area contributed by atoms with Gasteiger partial charge >= 0.3 is 0 Å².